The highest BCUT2D eigenvalue weighted by Crippen LogP contribution is 2.32. The molecule has 1 aliphatic carbocycles. The third kappa shape index (κ3) is 11.1. The Bertz CT molecular complexity index is 980. The normalized spacial score (nSPS) is 18.1. The molecule has 0 radical (unpaired) electrons. The number of esters is 1. The van der Waals surface area contributed by atoms with Gasteiger partial charge in [-0.05, 0) is 74.6 Å². The first-order valence-corrected chi connectivity index (χ1v) is 15.5. The van der Waals surface area contributed by atoms with E-state index < -0.39 is 12.1 Å². The fraction of sp³-hybridized carbons (Fsp3) is 0.656. The Hall–Kier alpha value is -2.21. The minimum absolute atomic E-state index is 0.196. The molecule has 39 heavy (non-hydrogen) atoms. The van der Waals surface area contributed by atoms with Crippen LogP contribution in [-0.2, 0) is 16.0 Å². The van der Waals surface area contributed by atoms with Crippen LogP contribution in [0.5, 0.6) is 5.75 Å². The van der Waals surface area contributed by atoms with Crippen LogP contribution in [0.25, 0.3) is 11.4 Å². The smallest absolute Gasteiger partial charge is 0.340 e. The summed E-state index contributed by atoms with van der Waals surface area (Å²) in [5.41, 5.74) is 2.03. The maximum Gasteiger partial charge on any atom is 0.340 e. The summed E-state index contributed by atoms with van der Waals surface area (Å²) in [6.07, 6.45) is 17.2. The molecule has 1 aliphatic rings. The van der Waals surface area contributed by atoms with Crippen molar-refractivity contribution in [3.05, 3.63) is 41.2 Å². The number of hydrogen-bond acceptors (Lipinski definition) is 5. The fourth-order valence-corrected chi connectivity index (χ4v) is 5.27. The Labute approximate surface area is 239 Å². The van der Waals surface area contributed by atoms with Gasteiger partial charge >= 0.3 is 5.97 Å². The maximum atomic E-state index is 13.9. The van der Waals surface area contributed by atoms with Gasteiger partial charge in [0.15, 0.2) is 12.0 Å². The lowest BCUT2D eigenvalue weighted by Gasteiger charge is -2.28. The Morgan fingerprint density at radius 2 is 1.64 bits per heavy atom. The number of carbonyl (C=O) groups excluding carboxylic acids is 1. The van der Waals surface area contributed by atoms with Crippen molar-refractivity contribution in [2.75, 3.05) is 6.61 Å². The maximum absolute atomic E-state index is 13.9. The number of nitrogens with zero attached hydrogens (tertiary/aromatic N) is 2. The highest BCUT2D eigenvalue weighted by Gasteiger charge is 2.27. The largest absolute Gasteiger partial charge is 0.492 e. The van der Waals surface area contributed by atoms with Crippen LogP contribution in [0.4, 0.5) is 4.39 Å². The van der Waals surface area contributed by atoms with Gasteiger partial charge in [0.2, 0.25) is 0 Å². The van der Waals surface area contributed by atoms with Crippen molar-refractivity contribution in [1.29, 1.82) is 0 Å². The quantitative estimate of drug-likeness (QED) is 0.143. The number of carbonyl (C=O) groups is 1. The number of hydrogen-bond donors (Lipinski definition) is 0. The Morgan fingerprint density at radius 3 is 2.31 bits per heavy atom. The summed E-state index contributed by atoms with van der Waals surface area (Å²) < 4.78 is 25.3. The predicted octanol–water partition coefficient (Wildman–Crippen LogP) is 9.10. The molecule has 0 unspecified atom stereocenters. The van der Waals surface area contributed by atoms with Crippen LogP contribution < -0.4 is 4.74 Å². The Kier molecular flexibility index (Phi) is 14.0. The molecule has 0 N–H and O–H groups in total. The lowest BCUT2D eigenvalue weighted by molar-refractivity contribution is -0.157. The standard InChI is InChI=1S/C32H46ClFN2O3/c1-3-5-7-8-9-10-11-12-25-21-35-31(36-22-25)26-16-19-30(28(33)20-26)38-23-24-14-17-27(18-15-24)39-32(37)29(34)13-6-4-2/h16,19-22,24,27,29H,3-15,17-18,23H2,1-2H3/t24-,27-,29-/m0/s1. The average molecular weight is 561 g/mol. The SMILES string of the molecule is CCCCCCCCCc1cnc(-c2ccc(OC[C@H]3CC[C@H](OC(=O)[C@@H](F)CCCC)CC3)c(Cl)c2)nc1. The molecule has 1 fully saturated rings. The fourth-order valence-electron chi connectivity index (χ4n) is 5.04. The van der Waals surface area contributed by atoms with Crippen LogP contribution in [-0.4, -0.2) is 34.8 Å². The van der Waals surface area contributed by atoms with Crippen molar-refractivity contribution in [3.8, 4) is 17.1 Å². The van der Waals surface area contributed by atoms with Gasteiger partial charge in [-0.3, -0.25) is 0 Å². The van der Waals surface area contributed by atoms with Gasteiger partial charge in [0.1, 0.15) is 11.9 Å². The summed E-state index contributed by atoms with van der Waals surface area (Å²) in [4.78, 5) is 21.1. The van der Waals surface area contributed by atoms with Crippen molar-refractivity contribution >= 4 is 17.6 Å². The molecule has 1 saturated carbocycles. The molecule has 216 valence electrons. The zero-order valence-electron chi connectivity index (χ0n) is 23.8. The van der Waals surface area contributed by atoms with E-state index in [-0.39, 0.29) is 12.5 Å². The van der Waals surface area contributed by atoms with Gasteiger partial charge in [0.05, 0.1) is 11.6 Å². The van der Waals surface area contributed by atoms with Gasteiger partial charge in [-0.15, -0.1) is 0 Å². The summed E-state index contributed by atoms with van der Waals surface area (Å²) in [5.74, 6) is 0.941. The molecule has 7 heteroatoms. The Morgan fingerprint density at radius 1 is 0.974 bits per heavy atom. The first-order valence-electron chi connectivity index (χ1n) is 15.1. The van der Waals surface area contributed by atoms with Gasteiger partial charge in [-0.1, -0.05) is 76.8 Å². The second-order valence-electron chi connectivity index (χ2n) is 10.9. The minimum atomic E-state index is -1.51. The lowest BCUT2D eigenvalue weighted by Crippen LogP contribution is -2.30. The molecule has 5 nitrogen and oxygen atoms in total. The summed E-state index contributed by atoms with van der Waals surface area (Å²) in [6, 6.07) is 5.66. The van der Waals surface area contributed by atoms with Crippen LogP contribution in [0.15, 0.2) is 30.6 Å². The highest BCUT2D eigenvalue weighted by atomic mass is 35.5. The highest BCUT2D eigenvalue weighted by molar-refractivity contribution is 6.32. The Balaban J connectivity index is 1.38. The number of benzene rings is 1. The molecule has 3 rings (SSSR count). The first kappa shape index (κ1) is 31.3. The summed E-state index contributed by atoms with van der Waals surface area (Å²) >= 11 is 6.53. The van der Waals surface area contributed by atoms with Crippen LogP contribution in [0, 0.1) is 5.92 Å². The van der Waals surface area contributed by atoms with Crippen molar-refractivity contribution < 1.29 is 18.7 Å². The number of unbranched alkanes of at least 4 members (excludes halogenated alkanes) is 7. The van der Waals surface area contributed by atoms with E-state index in [0.717, 1.165) is 44.1 Å². The van der Waals surface area contributed by atoms with Crippen molar-refractivity contribution in [3.63, 3.8) is 0 Å². The van der Waals surface area contributed by atoms with E-state index in [2.05, 4.69) is 16.9 Å². The summed E-state index contributed by atoms with van der Waals surface area (Å²) in [7, 11) is 0. The molecule has 1 aromatic carbocycles. The first-order chi connectivity index (χ1) is 19.0. The molecule has 0 bridgehead atoms. The lowest BCUT2D eigenvalue weighted by atomic mass is 9.88. The van der Waals surface area contributed by atoms with Crippen LogP contribution in [0.1, 0.15) is 109 Å². The molecular formula is C32H46ClFN2O3. The van der Waals surface area contributed by atoms with Gasteiger partial charge in [-0.2, -0.15) is 0 Å². The monoisotopic (exact) mass is 560 g/mol. The van der Waals surface area contributed by atoms with Crippen LogP contribution >= 0.6 is 11.6 Å². The number of alkyl halides is 1. The molecule has 0 spiro atoms. The van der Waals surface area contributed by atoms with E-state index in [1.165, 1.54) is 50.5 Å². The van der Waals surface area contributed by atoms with E-state index in [1.807, 2.05) is 37.5 Å². The number of halogens is 2. The second-order valence-corrected chi connectivity index (χ2v) is 11.3. The number of aryl methyl sites for hydroxylation is 1. The van der Waals surface area contributed by atoms with Crippen LogP contribution in [0.3, 0.4) is 0 Å². The molecule has 0 amide bonds. The van der Waals surface area contributed by atoms with Crippen molar-refractivity contribution in [1.82, 2.24) is 9.97 Å². The molecule has 2 aromatic rings. The van der Waals surface area contributed by atoms with E-state index in [1.54, 1.807) is 0 Å². The van der Waals surface area contributed by atoms with Gasteiger partial charge in [0.25, 0.3) is 0 Å². The van der Waals surface area contributed by atoms with E-state index in [9.17, 15) is 9.18 Å². The molecule has 1 atom stereocenters. The summed E-state index contributed by atoms with van der Waals surface area (Å²) in [5, 5.41) is 0.534. The molecule has 1 heterocycles. The molecule has 0 aliphatic heterocycles. The molecular weight excluding hydrogens is 515 g/mol. The zero-order chi connectivity index (χ0) is 27.9. The minimum Gasteiger partial charge on any atom is -0.492 e. The van der Waals surface area contributed by atoms with E-state index in [4.69, 9.17) is 21.1 Å². The van der Waals surface area contributed by atoms with Crippen molar-refractivity contribution in [2.45, 2.75) is 122 Å². The zero-order valence-corrected chi connectivity index (χ0v) is 24.6. The molecule has 0 saturated heterocycles. The average Bonchev–Trinajstić information content (AvgIpc) is 2.95. The molecule has 1 aromatic heterocycles. The number of rotatable bonds is 17. The summed E-state index contributed by atoms with van der Waals surface area (Å²) in [6.45, 7) is 4.77. The third-order valence-electron chi connectivity index (χ3n) is 7.58. The van der Waals surface area contributed by atoms with Gasteiger partial charge in [0, 0.05) is 18.0 Å². The predicted molar refractivity (Wildman–Crippen MR) is 156 cm³/mol. The topological polar surface area (TPSA) is 61.3 Å². The van der Waals surface area contributed by atoms with Crippen LogP contribution in [0.2, 0.25) is 5.02 Å². The second kappa shape index (κ2) is 17.5. The van der Waals surface area contributed by atoms with E-state index >= 15 is 0 Å². The number of aromatic nitrogens is 2. The number of ether oxygens (including phenoxy) is 2. The van der Waals surface area contributed by atoms with Gasteiger partial charge < -0.3 is 9.47 Å². The van der Waals surface area contributed by atoms with Gasteiger partial charge in [-0.25, -0.2) is 19.2 Å². The van der Waals surface area contributed by atoms with E-state index in [0.29, 0.717) is 35.5 Å². The third-order valence-corrected chi connectivity index (χ3v) is 7.88. The van der Waals surface area contributed by atoms with Crippen molar-refractivity contribution in [2.24, 2.45) is 5.92 Å².